The highest BCUT2D eigenvalue weighted by molar-refractivity contribution is 5.74. The molecule has 128 valence electrons. The van der Waals surface area contributed by atoms with E-state index in [1.54, 1.807) is 13.1 Å². The number of aryl methyl sites for hydroxylation is 1. The minimum absolute atomic E-state index is 0.263. The van der Waals surface area contributed by atoms with Crippen LogP contribution in [0.3, 0.4) is 0 Å². The van der Waals surface area contributed by atoms with E-state index in [9.17, 15) is 9.90 Å². The molecule has 2 atom stereocenters. The third kappa shape index (κ3) is 5.66. The number of rotatable bonds is 7. The van der Waals surface area contributed by atoms with Crippen LogP contribution in [0.5, 0.6) is 0 Å². The summed E-state index contributed by atoms with van der Waals surface area (Å²) in [6, 6.07) is 11.1. The highest BCUT2D eigenvalue weighted by Crippen LogP contribution is 2.06. The zero-order valence-electron chi connectivity index (χ0n) is 14.2. The van der Waals surface area contributed by atoms with Gasteiger partial charge in [-0.2, -0.15) is 0 Å². The molecule has 2 unspecified atom stereocenters. The summed E-state index contributed by atoms with van der Waals surface area (Å²) in [6.45, 7) is 4.35. The summed E-state index contributed by atoms with van der Waals surface area (Å²) >= 11 is 0. The summed E-state index contributed by atoms with van der Waals surface area (Å²) in [6.07, 6.45) is 4.21. The van der Waals surface area contributed by atoms with Crippen molar-refractivity contribution in [3.8, 4) is 0 Å². The number of hydrogen-bond donors (Lipinski definition) is 3. The number of aromatic nitrogens is 1. The SMILES string of the molecule is Cc1cnccc1CCNC(=O)NC(C)C(O)Cc1ccccc1. The average Bonchev–Trinajstić information content (AvgIpc) is 2.57. The van der Waals surface area contributed by atoms with Gasteiger partial charge in [-0.1, -0.05) is 30.3 Å². The number of pyridine rings is 1. The molecule has 0 aliphatic rings. The molecule has 3 N–H and O–H groups in total. The number of amides is 2. The van der Waals surface area contributed by atoms with Gasteiger partial charge in [0.15, 0.2) is 0 Å². The summed E-state index contributed by atoms with van der Waals surface area (Å²) in [4.78, 5) is 16.0. The van der Waals surface area contributed by atoms with Crippen LogP contribution >= 0.6 is 0 Å². The standard InChI is InChI=1S/C19H25N3O2/c1-14-13-20-10-8-17(14)9-11-21-19(24)22-15(2)18(23)12-16-6-4-3-5-7-16/h3-8,10,13,15,18,23H,9,11-12H2,1-2H3,(H2,21,22,24). The van der Waals surface area contributed by atoms with Crippen molar-refractivity contribution in [2.75, 3.05) is 6.54 Å². The molecule has 0 fully saturated rings. The van der Waals surface area contributed by atoms with Crippen molar-refractivity contribution in [3.05, 3.63) is 65.5 Å². The number of benzene rings is 1. The van der Waals surface area contributed by atoms with E-state index >= 15 is 0 Å². The Morgan fingerprint density at radius 1 is 1.25 bits per heavy atom. The molecule has 2 rings (SSSR count). The van der Waals surface area contributed by atoms with Crippen molar-refractivity contribution in [3.63, 3.8) is 0 Å². The number of hydrogen-bond acceptors (Lipinski definition) is 3. The van der Waals surface area contributed by atoms with E-state index in [0.29, 0.717) is 13.0 Å². The molecule has 0 aliphatic carbocycles. The molecule has 1 aromatic carbocycles. The van der Waals surface area contributed by atoms with Crippen LogP contribution in [-0.4, -0.2) is 34.8 Å². The van der Waals surface area contributed by atoms with Crippen LogP contribution < -0.4 is 10.6 Å². The Morgan fingerprint density at radius 2 is 2.00 bits per heavy atom. The smallest absolute Gasteiger partial charge is 0.315 e. The molecule has 0 saturated carbocycles. The molecule has 0 saturated heterocycles. The summed E-state index contributed by atoms with van der Waals surface area (Å²) in [5.41, 5.74) is 3.33. The second kappa shape index (κ2) is 9.03. The lowest BCUT2D eigenvalue weighted by Crippen LogP contribution is -2.47. The third-order valence-electron chi connectivity index (χ3n) is 4.04. The monoisotopic (exact) mass is 327 g/mol. The first-order valence-electron chi connectivity index (χ1n) is 8.22. The van der Waals surface area contributed by atoms with Gasteiger partial charge in [-0.05, 0) is 43.0 Å². The fourth-order valence-electron chi connectivity index (χ4n) is 2.48. The molecule has 0 bridgehead atoms. The Labute approximate surface area is 143 Å². The first kappa shape index (κ1) is 17.9. The minimum atomic E-state index is -0.624. The lowest BCUT2D eigenvalue weighted by molar-refractivity contribution is 0.136. The second-order valence-corrected chi connectivity index (χ2v) is 6.00. The number of aliphatic hydroxyl groups is 1. The van der Waals surface area contributed by atoms with E-state index in [4.69, 9.17) is 0 Å². The molecule has 24 heavy (non-hydrogen) atoms. The summed E-state index contributed by atoms with van der Waals surface area (Å²) < 4.78 is 0. The van der Waals surface area contributed by atoms with Crippen molar-refractivity contribution in [1.82, 2.24) is 15.6 Å². The van der Waals surface area contributed by atoms with Crippen LogP contribution in [0.15, 0.2) is 48.8 Å². The Kier molecular flexibility index (Phi) is 6.75. The number of nitrogens with one attached hydrogen (secondary N) is 2. The lowest BCUT2D eigenvalue weighted by atomic mass is 10.0. The molecule has 1 aromatic heterocycles. The fourth-order valence-corrected chi connectivity index (χ4v) is 2.48. The van der Waals surface area contributed by atoms with Crippen LogP contribution in [0.4, 0.5) is 4.79 Å². The molecule has 5 heteroatoms. The van der Waals surface area contributed by atoms with Gasteiger partial charge in [-0.25, -0.2) is 4.79 Å². The first-order chi connectivity index (χ1) is 11.6. The van der Waals surface area contributed by atoms with Gasteiger partial charge in [0.05, 0.1) is 12.1 Å². The quantitative estimate of drug-likeness (QED) is 0.730. The number of aliphatic hydroxyl groups excluding tert-OH is 1. The maximum absolute atomic E-state index is 11.9. The summed E-state index contributed by atoms with van der Waals surface area (Å²) in [7, 11) is 0. The number of carbonyl (C=O) groups excluding carboxylic acids is 1. The zero-order valence-corrected chi connectivity index (χ0v) is 14.2. The van der Waals surface area contributed by atoms with Crippen LogP contribution in [0.1, 0.15) is 23.6 Å². The van der Waals surface area contributed by atoms with Crippen LogP contribution in [0, 0.1) is 6.92 Å². The number of urea groups is 1. The van der Waals surface area contributed by atoms with Crippen LogP contribution in [0.25, 0.3) is 0 Å². The largest absolute Gasteiger partial charge is 0.391 e. The molecule has 0 aliphatic heterocycles. The van der Waals surface area contributed by atoms with Gasteiger partial charge in [0.1, 0.15) is 0 Å². The van der Waals surface area contributed by atoms with Gasteiger partial charge in [0.25, 0.3) is 0 Å². The van der Waals surface area contributed by atoms with Crippen molar-refractivity contribution < 1.29 is 9.90 Å². The summed E-state index contributed by atoms with van der Waals surface area (Å²) in [5.74, 6) is 0. The Bertz CT molecular complexity index is 646. The second-order valence-electron chi connectivity index (χ2n) is 6.00. The van der Waals surface area contributed by atoms with E-state index < -0.39 is 6.10 Å². The Morgan fingerprint density at radius 3 is 2.71 bits per heavy atom. The van der Waals surface area contributed by atoms with Gasteiger partial charge >= 0.3 is 6.03 Å². The number of carbonyl (C=O) groups is 1. The zero-order chi connectivity index (χ0) is 17.4. The predicted molar refractivity (Wildman–Crippen MR) is 94.8 cm³/mol. The van der Waals surface area contributed by atoms with Gasteiger partial charge in [-0.3, -0.25) is 4.98 Å². The molecular formula is C19H25N3O2. The van der Waals surface area contributed by atoms with E-state index in [1.165, 1.54) is 5.56 Å². The van der Waals surface area contributed by atoms with Crippen molar-refractivity contribution in [2.45, 2.75) is 38.8 Å². The highest BCUT2D eigenvalue weighted by Gasteiger charge is 2.16. The van der Waals surface area contributed by atoms with E-state index in [0.717, 1.165) is 17.5 Å². The van der Waals surface area contributed by atoms with Gasteiger partial charge < -0.3 is 15.7 Å². The van der Waals surface area contributed by atoms with Crippen molar-refractivity contribution >= 4 is 6.03 Å². The molecular weight excluding hydrogens is 302 g/mol. The van der Waals surface area contributed by atoms with Crippen LogP contribution in [-0.2, 0) is 12.8 Å². The molecule has 2 aromatic rings. The maximum atomic E-state index is 11.9. The normalized spacial score (nSPS) is 13.1. The molecule has 5 nitrogen and oxygen atoms in total. The Hall–Kier alpha value is -2.40. The van der Waals surface area contributed by atoms with E-state index in [-0.39, 0.29) is 12.1 Å². The summed E-state index contributed by atoms with van der Waals surface area (Å²) in [5, 5.41) is 15.8. The average molecular weight is 327 g/mol. The lowest BCUT2D eigenvalue weighted by Gasteiger charge is -2.20. The molecule has 0 spiro atoms. The van der Waals surface area contributed by atoms with E-state index in [2.05, 4.69) is 15.6 Å². The van der Waals surface area contributed by atoms with Crippen molar-refractivity contribution in [2.24, 2.45) is 0 Å². The molecule has 0 radical (unpaired) electrons. The van der Waals surface area contributed by atoms with Crippen molar-refractivity contribution in [1.29, 1.82) is 0 Å². The maximum Gasteiger partial charge on any atom is 0.315 e. The predicted octanol–water partition coefficient (Wildman–Crippen LogP) is 2.22. The molecule has 2 amide bonds. The fraction of sp³-hybridized carbons (Fsp3) is 0.368. The Balaban J connectivity index is 1.72. The number of nitrogens with zero attached hydrogens (tertiary/aromatic N) is 1. The topological polar surface area (TPSA) is 74.2 Å². The minimum Gasteiger partial charge on any atom is -0.391 e. The van der Waals surface area contributed by atoms with E-state index in [1.807, 2.05) is 49.5 Å². The third-order valence-corrected chi connectivity index (χ3v) is 4.04. The van der Waals surface area contributed by atoms with Gasteiger partial charge in [-0.15, -0.1) is 0 Å². The van der Waals surface area contributed by atoms with Gasteiger partial charge in [0, 0.05) is 25.4 Å². The highest BCUT2D eigenvalue weighted by atomic mass is 16.3. The van der Waals surface area contributed by atoms with Gasteiger partial charge in [0.2, 0.25) is 0 Å². The molecule has 1 heterocycles. The first-order valence-corrected chi connectivity index (χ1v) is 8.22. The van der Waals surface area contributed by atoms with Crippen LogP contribution in [0.2, 0.25) is 0 Å².